The predicted octanol–water partition coefficient (Wildman–Crippen LogP) is 0.451. The molecule has 0 amide bonds. The second-order valence-electron chi connectivity index (χ2n) is 5.82. The third kappa shape index (κ3) is 2.89. The molecule has 23 heavy (non-hydrogen) atoms. The highest BCUT2D eigenvalue weighted by Gasteiger charge is 2.19. The molecule has 120 valence electrons. The van der Waals surface area contributed by atoms with E-state index in [1.807, 2.05) is 36.4 Å². The fraction of sp³-hybridized carbons (Fsp3) is 0.467. The molecule has 1 fully saturated rings. The molecule has 0 bridgehead atoms. The van der Waals surface area contributed by atoms with Crippen LogP contribution in [0, 0.1) is 6.92 Å². The van der Waals surface area contributed by atoms with Crippen LogP contribution < -0.4 is 4.90 Å². The van der Waals surface area contributed by atoms with Gasteiger partial charge in [-0.2, -0.15) is 4.52 Å². The number of rotatable bonds is 4. The first-order valence-electron chi connectivity index (χ1n) is 7.90. The maximum atomic E-state index is 4.48. The van der Waals surface area contributed by atoms with Crippen molar-refractivity contribution in [2.45, 2.75) is 13.5 Å². The monoisotopic (exact) mass is 312 g/mol. The van der Waals surface area contributed by atoms with E-state index in [1.165, 1.54) is 0 Å². The number of fused-ring (bicyclic) bond motifs is 1. The standard InChI is InChI=1S/C15H20N8/c1-13-18-14-10-17-11-15(23(14)19-13)22-8-6-20(7-9-22)4-5-21-3-2-16-12-21/h2-3,10-12H,4-9H2,1H3. The first-order chi connectivity index (χ1) is 11.3. The van der Waals surface area contributed by atoms with Crippen molar-refractivity contribution in [1.82, 2.24) is 34.0 Å². The van der Waals surface area contributed by atoms with E-state index in [9.17, 15) is 0 Å². The highest BCUT2D eigenvalue weighted by atomic mass is 15.4. The third-order valence-corrected chi connectivity index (χ3v) is 4.27. The lowest BCUT2D eigenvalue weighted by molar-refractivity contribution is 0.247. The Labute approximate surface area is 134 Å². The molecule has 1 aliphatic heterocycles. The van der Waals surface area contributed by atoms with Crippen molar-refractivity contribution < 1.29 is 0 Å². The Balaban J connectivity index is 1.40. The Morgan fingerprint density at radius 1 is 1.04 bits per heavy atom. The number of piperazine rings is 1. The quantitative estimate of drug-likeness (QED) is 0.697. The molecule has 0 aromatic carbocycles. The van der Waals surface area contributed by atoms with E-state index >= 15 is 0 Å². The summed E-state index contributed by atoms with van der Waals surface area (Å²) in [7, 11) is 0. The zero-order valence-electron chi connectivity index (χ0n) is 13.2. The molecule has 0 radical (unpaired) electrons. The van der Waals surface area contributed by atoms with Crippen LogP contribution in [0.25, 0.3) is 5.65 Å². The molecule has 0 saturated carbocycles. The average molecular weight is 312 g/mol. The van der Waals surface area contributed by atoms with Crippen LogP contribution in [0.4, 0.5) is 5.82 Å². The molecule has 8 nitrogen and oxygen atoms in total. The first kappa shape index (κ1) is 14.1. The van der Waals surface area contributed by atoms with E-state index in [0.29, 0.717) is 0 Å². The maximum Gasteiger partial charge on any atom is 0.176 e. The molecule has 0 N–H and O–H groups in total. The first-order valence-corrected chi connectivity index (χ1v) is 7.90. The van der Waals surface area contributed by atoms with Gasteiger partial charge in [0, 0.05) is 51.7 Å². The molecule has 4 rings (SSSR count). The lowest BCUT2D eigenvalue weighted by Crippen LogP contribution is -2.47. The van der Waals surface area contributed by atoms with Crippen molar-refractivity contribution >= 4 is 11.5 Å². The van der Waals surface area contributed by atoms with Gasteiger partial charge in [0.15, 0.2) is 11.5 Å². The largest absolute Gasteiger partial charge is 0.353 e. The minimum Gasteiger partial charge on any atom is -0.353 e. The lowest BCUT2D eigenvalue weighted by atomic mass is 10.3. The van der Waals surface area contributed by atoms with Gasteiger partial charge >= 0.3 is 0 Å². The van der Waals surface area contributed by atoms with Crippen LogP contribution in [0.2, 0.25) is 0 Å². The van der Waals surface area contributed by atoms with Gasteiger partial charge in [0.05, 0.1) is 18.7 Å². The summed E-state index contributed by atoms with van der Waals surface area (Å²) >= 11 is 0. The molecule has 4 heterocycles. The van der Waals surface area contributed by atoms with Gasteiger partial charge in [0.1, 0.15) is 5.82 Å². The summed E-state index contributed by atoms with van der Waals surface area (Å²) in [6.45, 7) is 7.98. The van der Waals surface area contributed by atoms with Crippen LogP contribution >= 0.6 is 0 Å². The van der Waals surface area contributed by atoms with Crippen LogP contribution in [0.1, 0.15) is 5.82 Å². The second-order valence-corrected chi connectivity index (χ2v) is 5.82. The Bertz CT molecular complexity index is 770. The molecule has 3 aromatic heterocycles. The number of nitrogens with zero attached hydrogens (tertiary/aromatic N) is 8. The van der Waals surface area contributed by atoms with Crippen molar-refractivity contribution in [1.29, 1.82) is 0 Å². The van der Waals surface area contributed by atoms with Gasteiger partial charge in [-0.3, -0.25) is 9.88 Å². The Kier molecular flexibility index (Phi) is 3.66. The minimum atomic E-state index is 0.776. The van der Waals surface area contributed by atoms with Crippen molar-refractivity contribution in [3.63, 3.8) is 0 Å². The van der Waals surface area contributed by atoms with E-state index in [0.717, 1.165) is 56.6 Å². The van der Waals surface area contributed by atoms with E-state index in [1.54, 1.807) is 6.20 Å². The number of aromatic nitrogens is 6. The molecular weight excluding hydrogens is 292 g/mol. The SMILES string of the molecule is Cc1nc2cncc(N3CCN(CCn4ccnc4)CC3)n2n1. The minimum absolute atomic E-state index is 0.776. The molecule has 1 saturated heterocycles. The van der Waals surface area contributed by atoms with Gasteiger partial charge in [-0.25, -0.2) is 9.97 Å². The average Bonchev–Trinajstić information content (AvgIpc) is 3.21. The summed E-state index contributed by atoms with van der Waals surface area (Å²) in [5, 5.41) is 4.48. The summed E-state index contributed by atoms with van der Waals surface area (Å²) in [6.07, 6.45) is 9.34. The summed E-state index contributed by atoms with van der Waals surface area (Å²) in [5.74, 6) is 1.80. The Morgan fingerprint density at radius 2 is 1.91 bits per heavy atom. The molecule has 3 aromatic rings. The van der Waals surface area contributed by atoms with Crippen LogP contribution in [0.15, 0.2) is 31.1 Å². The van der Waals surface area contributed by atoms with Gasteiger partial charge in [0.25, 0.3) is 0 Å². The van der Waals surface area contributed by atoms with Crippen LogP contribution in [0.3, 0.4) is 0 Å². The maximum absolute atomic E-state index is 4.48. The smallest absolute Gasteiger partial charge is 0.176 e. The van der Waals surface area contributed by atoms with Crippen molar-refractivity contribution in [2.24, 2.45) is 0 Å². The zero-order valence-corrected chi connectivity index (χ0v) is 13.2. The highest BCUT2D eigenvalue weighted by molar-refractivity contribution is 5.47. The summed E-state index contributed by atoms with van der Waals surface area (Å²) < 4.78 is 4.01. The normalized spacial score (nSPS) is 16.3. The van der Waals surface area contributed by atoms with Gasteiger partial charge in [-0.1, -0.05) is 0 Å². The Hall–Kier alpha value is -2.48. The van der Waals surface area contributed by atoms with E-state index in [2.05, 4.69) is 34.4 Å². The molecular formula is C15H20N8. The van der Waals surface area contributed by atoms with Crippen molar-refractivity contribution in [2.75, 3.05) is 37.6 Å². The predicted molar refractivity (Wildman–Crippen MR) is 86.4 cm³/mol. The number of anilines is 1. The number of aryl methyl sites for hydroxylation is 1. The topological polar surface area (TPSA) is 67.4 Å². The van der Waals surface area contributed by atoms with E-state index in [4.69, 9.17) is 0 Å². The van der Waals surface area contributed by atoms with Crippen LogP contribution in [-0.2, 0) is 6.54 Å². The number of hydrogen-bond acceptors (Lipinski definition) is 6. The fourth-order valence-electron chi connectivity index (χ4n) is 3.00. The van der Waals surface area contributed by atoms with Gasteiger partial charge in [-0.15, -0.1) is 5.10 Å². The van der Waals surface area contributed by atoms with E-state index in [-0.39, 0.29) is 0 Å². The number of hydrogen-bond donors (Lipinski definition) is 0. The molecule has 1 aliphatic rings. The Morgan fingerprint density at radius 3 is 2.70 bits per heavy atom. The van der Waals surface area contributed by atoms with Crippen molar-refractivity contribution in [3.05, 3.63) is 36.9 Å². The number of imidazole rings is 1. The van der Waals surface area contributed by atoms with Crippen LogP contribution in [-0.4, -0.2) is 66.8 Å². The molecule has 0 unspecified atom stereocenters. The zero-order chi connectivity index (χ0) is 15.6. The summed E-state index contributed by atoms with van der Waals surface area (Å²) in [6, 6.07) is 0. The molecule has 0 aliphatic carbocycles. The highest BCUT2D eigenvalue weighted by Crippen LogP contribution is 2.16. The molecule has 0 atom stereocenters. The lowest BCUT2D eigenvalue weighted by Gasteiger charge is -2.35. The van der Waals surface area contributed by atoms with Gasteiger partial charge in [-0.05, 0) is 6.92 Å². The van der Waals surface area contributed by atoms with Crippen molar-refractivity contribution in [3.8, 4) is 0 Å². The molecule has 0 spiro atoms. The van der Waals surface area contributed by atoms with Gasteiger partial charge < -0.3 is 9.47 Å². The second kappa shape index (κ2) is 5.96. The summed E-state index contributed by atoms with van der Waals surface area (Å²) in [5.41, 5.74) is 0.808. The van der Waals surface area contributed by atoms with Gasteiger partial charge in [0.2, 0.25) is 0 Å². The fourth-order valence-corrected chi connectivity index (χ4v) is 3.00. The third-order valence-electron chi connectivity index (χ3n) is 4.27. The molecule has 8 heteroatoms. The van der Waals surface area contributed by atoms with Crippen LogP contribution in [0.5, 0.6) is 0 Å². The van der Waals surface area contributed by atoms with E-state index < -0.39 is 0 Å². The summed E-state index contributed by atoms with van der Waals surface area (Å²) in [4.78, 5) is 17.6.